The number of amides is 1. The molecule has 0 aliphatic carbocycles. The average Bonchev–Trinajstić information content (AvgIpc) is 3.03. The highest BCUT2D eigenvalue weighted by Gasteiger charge is 2.24. The summed E-state index contributed by atoms with van der Waals surface area (Å²) in [6.07, 6.45) is 1.72. The van der Waals surface area contributed by atoms with E-state index in [0.29, 0.717) is 13.1 Å². The summed E-state index contributed by atoms with van der Waals surface area (Å²) in [5.74, 6) is 1.10. The molecule has 1 amide bonds. The van der Waals surface area contributed by atoms with Crippen molar-refractivity contribution >= 4 is 16.9 Å². The summed E-state index contributed by atoms with van der Waals surface area (Å²) in [4.78, 5) is 18.8. The topological polar surface area (TPSA) is 64.2 Å². The van der Waals surface area contributed by atoms with Crippen molar-refractivity contribution in [2.24, 2.45) is 5.73 Å². The van der Waals surface area contributed by atoms with Crippen molar-refractivity contribution in [3.8, 4) is 0 Å². The van der Waals surface area contributed by atoms with E-state index >= 15 is 0 Å². The summed E-state index contributed by atoms with van der Waals surface area (Å²) >= 11 is 0. The number of benzene rings is 1. The van der Waals surface area contributed by atoms with Crippen LogP contribution < -0.4 is 5.73 Å². The zero-order valence-corrected chi connectivity index (χ0v) is 11.7. The first-order chi connectivity index (χ1) is 9.69. The van der Waals surface area contributed by atoms with Gasteiger partial charge in [-0.05, 0) is 18.6 Å². The van der Waals surface area contributed by atoms with E-state index < -0.39 is 0 Å². The molecule has 1 aliphatic rings. The Labute approximate surface area is 118 Å². The summed E-state index contributed by atoms with van der Waals surface area (Å²) in [5.41, 5.74) is 7.85. The fraction of sp³-hybridized carbons (Fsp3) is 0.467. The van der Waals surface area contributed by atoms with Gasteiger partial charge in [0.1, 0.15) is 12.4 Å². The Kier molecular flexibility index (Phi) is 3.44. The van der Waals surface area contributed by atoms with Crippen LogP contribution in [0.25, 0.3) is 11.0 Å². The number of nitrogens with zero attached hydrogens (tertiary/aromatic N) is 3. The molecule has 1 aliphatic heterocycles. The Hall–Kier alpha value is -1.88. The smallest absolute Gasteiger partial charge is 0.242 e. The number of likely N-dealkylation sites (tertiary alicyclic amines) is 1. The molecule has 0 spiro atoms. The molecule has 1 atom stereocenters. The number of imidazole rings is 1. The number of fused-ring (bicyclic) bond motifs is 1. The molecule has 1 saturated heterocycles. The van der Waals surface area contributed by atoms with Crippen LogP contribution in [-0.2, 0) is 17.8 Å². The Morgan fingerprint density at radius 3 is 2.95 bits per heavy atom. The van der Waals surface area contributed by atoms with E-state index in [9.17, 15) is 4.79 Å². The SMILES string of the molecule is CCc1nc2ccccc2n1CC(=O)N1CC[C@H](N)C1. The standard InChI is InChI=1S/C15H20N4O/c1-2-14-17-12-5-3-4-6-13(12)19(14)10-15(20)18-8-7-11(16)9-18/h3-6,11H,2,7-10,16H2,1H3/t11-/m0/s1. The van der Waals surface area contributed by atoms with Gasteiger partial charge in [-0.3, -0.25) is 4.79 Å². The Bertz CT molecular complexity index is 634. The maximum absolute atomic E-state index is 12.4. The molecule has 2 heterocycles. The third kappa shape index (κ3) is 2.29. The fourth-order valence-corrected chi connectivity index (χ4v) is 2.82. The molecular formula is C15H20N4O. The molecule has 106 valence electrons. The lowest BCUT2D eigenvalue weighted by molar-refractivity contribution is -0.130. The van der Waals surface area contributed by atoms with Crippen LogP contribution in [-0.4, -0.2) is 39.5 Å². The van der Waals surface area contributed by atoms with Gasteiger partial charge in [-0.1, -0.05) is 19.1 Å². The lowest BCUT2D eigenvalue weighted by Gasteiger charge is -2.17. The van der Waals surface area contributed by atoms with E-state index in [2.05, 4.69) is 11.9 Å². The number of rotatable bonds is 3. The third-order valence-electron chi connectivity index (χ3n) is 3.92. The van der Waals surface area contributed by atoms with Gasteiger partial charge >= 0.3 is 0 Å². The number of para-hydroxylation sites is 2. The second kappa shape index (κ2) is 5.25. The van der Waals surface area contributed by atoms with Gasteiger partial charge in [-0.2, -0.15) is 0 Å². The average molecular weight is 272 g/mol. The largest absolute Gasteiger partial charge is 0.340 e. The molecule has 1 aromatic heterocycles. The molecule has 0 radical (unpaired) electrons. The lowest BCUT2D eigenvalue weighted by atomic mass is 10.3. The molecule has 2 N–H and O–H groups in total. The lowest BCUT2D eigenvalue weighted by Crippen LogP contribution is -2.34. The van der Waals surface area contributed by atoms with Gasteiger partial charge in [0.2, 0.25) is 5.91 Å². The van der Waals surface area contributed by atoms with Crippen molar-refractivity contribution in [3.63, 3.8) is 0 Å². The summed E-state index contributed by atoms with van der Waals surface area (Å²) in [5, 5.41) is 0. The monoisotopic (exact) mass is 272 g/mol. The van der Waals surface area contributed by atoms with Gasteiger partial charge in [-0.25, -0.2) is 4.98 Å². The van der Waals surface area contributed by atoms with Gasteiger partial charge in [0.15, 0.2) is 0 Å². The van der Waals surface area contributed by atoms with Crippen molar-refractivity contribution in [1.29, 1.82) is 0 Å². The summed E-state index contributed by atoms with van der Waals surface area (Å²) < 4.78 is 2.03. The van der Waals surface area contributed by atoms with Gasteiger partial charge in [0.05, 0.1) is 11.0 Å². The van der Waals surface area contributed by atoms with E-state index in [4.69, 9.17) is 5.73 Å². The predicted octanol–water partition coefficient (Wildman–Crippen LogP) is 1.16. The highest BCUT2D eigenvalue weighted by atomic mass is 16.2. The van der Waals surface area contributed by atoms with Crippen molar-refractivity contribution in [3.05, 3.63) is 30.1 Å². The molecule has 5 heteroatoms. The van der Waals surface area contributed by atoms with Crippen LogP contribution in [0.15, 0.2) is 24.3 Å². The van der Waals surface area contributed by atoms with Crippen molar-refractivity contribution in [2.45, 2.75) is 32.4 Å². The zero-order valence-electron chi connectivity index (χ0n) is 11.7. The van der Waals surface area contributed by atoms with Crippen molar-refractivity contribution in [1.82, 2.24) is 14.5 Å². The number of aromatic nitrogens is 2. The van der Waals surface area contributed by atoms with Crippen LogP contribution in [0.5, 0.6) is 0 Å². The summed E-state index contributed by atoms with van der Waals surface area (Å²) in [6, 6.07) is 8.09. The third-order valence-corrected chi connectivity index (χ3v) is 3.92. The first kappa shape index (κ1) is 13.1. The molecule has 1 fully saturated rings. The summed E-state index contributed by atoms with van der Waals surface area (Å²) in [6.45, 7) is 3.87. The van der Waals surface area contributed by atoms with Gasteiger partial charge in [0, 0.05) is 25.6 Å². The van der Waals surface area contributed by atoms with Crippen LogP contribution in [0.3, 0.4) is 0 Å². The van der Waals surface area contributed by atoms with E-state index in [1.165, 1.54) is 0 Å². The minimum Gasteiger partial charge on any atom is -0.340 e. The second-order valence-electron chi connectivity index (χ2n) is 5.34. The molecule has 0 saturated carbocycles. The van der Waals surface area contributed by atoms with Crippen molar-refractivity contribution in [2.75, 3.05) is 13.1 Å². The van der Waals surface area contributed by atoms with Gasteiger partial charge in [0.25, 0.3) is 0 Å². The maximum atomic E-state index is 12.4. The second-order valence-corrected chi connectivity index (χ2v) is 5.34. The van der Waals surface area contributed by atoms with Crippen LogP contribution in [0.4, 0.5) is 0 Å². The van der Waals surface area contributed by atoms with Crippen LogP contribution >= 0.6 is 0 Å². The van der Waals surface area contributed by atoms with Crippen LogP contribution in [0.1, 0.15) is 19.2 Å². The number of carbonyl (C=O) groups excluding carboxylic acids is 1. The molecular weight excluding hydrogens is 252 g/mol. The number of nitrogens with two attached hydrogens (primary N) is 1. The van der Waals surface area contributed by atoms with E-state index in [0.717, 1.165) is 36.2 Å². The fourth-order valence-electron chi connectivity index (χ4n) is 2.82. The van der Waals surface area contributed by atoms with Crippen molar-refractivity contribution < 1.29 is 4.79 Å². The minimum absolute atomic E-state index is 0.129. The number of hydrogen-bond acceptors (Lipinski definition) is 3. The molecule has 5 nitrogen and oxygen atoms in total. The molecule has 1 aromatic carbocycles. The Morgan fingerprint density at radius 1 is 1.45 bits per heavy atom. The number of hydrogen-bond donors (Lipinski definition) is 1. The first-order valence-corrected chi connectivity index (χ1v) is 7.16. The quantitative estimate of drug-likeness (QED) is 0.912. The van der Waals surface area contributed by atoms with Gasteiger partial charge < -0.3 is 15.2 Å². The summed E-state index contributed by atoms with van der Waals surface area (Å²) in [7, 11) is 0. The zero-order chi connectivity index (χ0) is 14.1. The van der Waals surface area contributed by atoms with Gasteiger partial charge in [-0.15, -0.1) is 0 Å². The van der Waals surface area contributed by atoms with E-state index in [1.807, 2.05) is 33.7 Å². The van der Waals surface area contributed by atoms with Crippen LogP contribution in [0.2, 0.25) is 0 Å². The minimum atomic E-state index is 0.129. The highest BCUT2D eigenvalue weighted by Crippen LogP contribution is 2.17. The van der Waals surface area contributed by atoms with E-state index in [1.54, 1.807) is 0 Å². The van der Waals surface area contributed by atoms with E-state index in [-0.39, 0.29) is 11.9 Å². The molecule has 2 aromatic rings. The molecule has 0 unspecified atom stereocenters. The molecule has 3 rings (SSSR count). The number of carbonyl (C=O) groups is 1. The maximum Gasteiger partial charge on any atom is 0.242 e. The molecule has 0 bridgehead atoms. The predicted molar refractivity (Wildman–Crippen MR) is 78.3 cm³/mol. The number of aryl methyl sites for hydroxylation is 1. The Balaban J connectivity index is 1.88. The Morgan fingerprint density at radius 2 is 2.25 bits per heavy atom. The normalized spacial score (nSPS) is 18.9. The molecule has 20 heavy (non-hydrogen) atoms. The van der Waals surface area contributed by atoms with Crippen LogP contribution in [0, 0.1) is 0 Å². The first-order valence-electron chi connectivity index (χ1n) is 7.16. The highest BCUT2D eigenvalue weighted by molar-refractivity contribution is 5.81.